The maximum Gasteiger partial charge on any atom is 0.0725 e. The molecule has 0 unspecified atom stereocenters. The van der Waals surface area contributed by atoms with Gasteiger partial charge in [0.05, 0.1) is 5.41 Å². The summed E-state index contributed by atoms with van der Waals surface area (Å²) in [4.78, 5) is 0. The van der Waals surface area contributed by atoms with E-state index in [4.69, 9.17) is 0 Å². The Balaban J connectivity index is 1.43. The average Bonchev–Trinajstić information content (AvgIpc) is 3.46. The van der Waals surface area contributed by atoms with Gasteiger partial charge in [0.25, 0.3) is 0 Å². The lowest BCUT2D eigenvalue weighted by atomic mass is 9.70. The summed E-state index contributed by atoms with van der Waals surface area (Å²) < 4.78 is 0. The van der Waals surface area contributed by atoms with Crippen LogP contribution in [0.1, 0.15) is 123 Å². The monoisotopic (exact) mass is 554 g/mol. The van der Waals surface area contributed by atoms with Crippen LogP contribution in [-0.2, 0) is 11.8 Å². The van der Waals surface area contributed by atoms with Crippen molar-refractivity contribution in [1.29, 1.82) is 0 Å². The largest absolute Gasteiger partial charge is 0.0725 e. The van der Waals surface area contributed by atoms with Gasteiger partial charge in [-0.25, -0.2) is 0 Å². The molecule has 0 heterocycles. The first-order valence-electron chi connectivity index (χ1n) is 17.0. The summed E-state index contributed by atoms with van der Waals surface area (Å²) in [5.74, 6) is 0.843. The van der Waals surface area contributed by atoms with Gasteiger partial charge in [-0.1, -0.05) is 168 Å². The van der Waals surface area contributed by atoms with Crippen LogP contribution >= 0.6 is 0 Å². The van der Waals surface area contributed by atoms with Crippen molar-refractivity contribution in [3.05, 3.63) is 118 Å². The molecule has 2 aliphatic carbocycles. The molecule has 0 N–H and O–H groups in total. The lowest BCUT2D eigenvalue weighted by Crippen LogP contribution is -2.26. The summed E-state index contributed by atoms with van der Waals surface area (Å²) in [5.41, 5.74) is 15.8. The molecular formula is C42H50. The van der Waals surface area contributed by atoms with Crippen LogP contribution < -0.4 is 0 Å². The molecule has 2 aliphatic rings. The first kappa shape index (κ1) is 29.0. The Morgan fingerprint density at radius 1 is 0.524 bits per heavy atom. The molecule has 4 aromatic rings. The zero-order chi connectivity index (χ0) is 29.1. The maximum atomic E-state index is 2.53. The number of aryl methyl sites for hydroxylation is 3. The summed E-state index contributed by atoms with van der Waals surface area (Å²) in [6.45, 7) is 9.24. The van der Waals surface area contributed by atoms with Crippen molar-refractivity contribution in [3.8, 4) is 22.3 Å². The first-order valence-corrected chi connectivity index (χ1v) is 17.0. The number of fused-ring (bicyclic) bond motifs is 10. The molecule has 1 spiro atoms. The predicted molar refractivity (Wildman–Crippen MR) is 182 cm³/mol. The second-order valence-electron chi connectivity index (χ2n) is 13.3. The smallest absolute Gasteiger partial charge is 0.0654 e. The van der Waals surface area contributed by atoms with Crippen molar-refractivity contribution < 1.29 is 0 Å². The SMILES string of the molecule is CCCCCCC(CCCCCC)CCc1cc(C)cc2c1-c1ccc(C)cc1C21c2ccccc2-c2ccccc21. The third-order valence-electron chi connectivity index (χ3n) is 10.3. The number of hydrogen-bond donors (Lipinski definition) is 0. The van der Waals surface area contributed by atoms with Gasteiger partial charge in [0.15, 0.2) is 0 Å². The Kier molecular flexibility index (Phi) is 8.71. The zero-order valence-electron chi connectivity index (χ0n) is 26.6. The Morgan fingerprint density at radius 2 is 1.12 bits per heavy atom. The van der Waals surface area contributed by atoms with Crippen LogP contribution in [-0.4, -0.2) is 0 Å². The summed E-state index contributed by atoms with van der Waals surface area (Å²) >= 11 is 0. The van der Waals surface area contributed by atoms with Gasteiger partial charge in [-0.2, -0.15) is 0 Å². The van der Waals surface area contributed by atoms with E-state index in [1.54, 1.807) is 5.56 Å². The van der Waals surface area contributed by atoms with Crippen LogP contribution in [0.5, 0.6) is 0 Å². The van der Waals surface area contributed by atoms with E-state index in [1.807, 2.05) is 0 Å². The molecule has 42 heavy (non-hydrogen) atoms. The van der Waals surface area contributed by atoms with Crippen LogP contribution in [0.2, 0.25) is 0 Å². The van der Waals surface area contributed by atoms with Gasteiger partial charge in [0, 0.05) is 0 Å². The molecule has 0 nitrogen and oxygen atoms in total. The molecule has 0 aromatic heterocycles. The summed E-state index contributed by atoms with van der Waals surface area (Å²) in [5, 5.41) is 0. The van der Waals surface area contributed by atoms with Crippen LogP contribution in [0, 0.1) is 19.8 Å². The quantitative estimate of drug-likeness (QED) is 0.125. The highest BCUT2D eigenvalue weighted by molar-refractivity contribution is 5.96. The zero-order valence-corrected chi connectivity index (χ0v) is 26.6. The van der Waals surface area contributed by atoms with E-state index in [1.165, 1.54) is 133 Å². The molecule has 0 aliphatic heterocycles. The number of hydrogen-bond acceptors (Lipinski definition) is 0. The summed E-state index contributed by atoms with van der Waals surface area (Å²) in [6.07, 6.45) is 16.3. The molecule has 0 radical (unpaired) electrons. The first-order chi connectivity index (χ1) is 20.6. The Morgan fingerprint density at radius 3 is 1.74 bits per heavy atom. The molecule has 0 saturated heterocycles. The standard InChI is InChI=1S/C42H50/c1-5-7-9-11-17-32(18-12-10-8-6-2)24-25-33-27-31(4)29-40-41(33)36-26-23-30(3)28-39(36)42(40)37-21-15-13-19-34(37)35-20-14-16-22-38(35)42/h13-16,19-23,26-29,32H,5-12,17-18,24-25H2,1-4H3. The van der Waals surface area contributed by atoms with Crippen molar-refractivity contribution in [1.82, 2.24) is 0 Å². The topological polar surface area (TPSA) is 0 Å². The molecule has 6 rings (SSSR count). The number of unbranched alkanes of at least 4 members (excludes halogenated alkanes) is 6. The second kappa shape index (κ2) is 12.6. The van der Waals surface area contributed by atoms with Gasteiger partial charge in [-0.05, 0) is 82.7 Å². The summed E-state index contributed by atoms with van der Waals surface area (Å²) in [6, 6.07) is 30.7. The van der Waals surface area contributed by atoms with Crippen LogP contribution in [0.15, 0.2) is 78.9 Å². The normalized spacial score (nSPS) is 13.8. The van der Waals surface area contributed by atoms with E-state index in [0.717, 1.165) is 5.92 Å². The van der Waals surface area contributed by atoms with Crippen LogP contribution in [0.3, 0.4) is 0 Å². The van der Waals surface area contributed by atoms with Crippen molar-refractivity contribution in [2.24, 2.45) is 5.92 Å². The third kappa shape index (κ3) is 5.06. The molecule has 0 amide bonds. The van der Waals surface area contributed by atoms with Gasteiger partial charge in [0.1, 0.15) is 0 Å². The lowest BCUT2D eigenvalue weighted by Gasteiger charge is -2.31. The van der Waals surface area contributed by atoms with Crippen molar-refractivity contribution in [2.45, 2.75) is 110 Å². The predicted octanol–water partition coefficient (Wildman–Crippen LogP) is 12.1. The van der Waals surface area contributed by atoms with E-state index in [-0.39, 0.29) is 5.41 Å². The summed E-state index contributed by atoms with van der Waals surface area (Å²) in [7, 11) is 0. The van der Waals surface area contributed by atoms with E-state index >= 15 is 0 Å². The van der Waals surface area contributed by atoms with E-state index in [0.29, 0.717) is 0 Å². The molecule has 218 valence electrons. The highest BCUT2D eigenvalue weighted by Crippen LogP contribution is 2.63. The Bertz CT molecular complexity index is 1480. The molecule has 0 heteroatoms. The van der Waals surface area contributed by atoms with Gasteiger partial charge < -0.3 is 0 Å². The van der Waals surface area contributed by atoms with Gasteiger partial charge >= 0.3 is 0 Å². The van der Waals surface area contributed by atoms with E-state index in [9.17, 15) is 0 Å². The fourth-order valence-corrected chi connectivity index (χ4v) is 8.33. The van der Waals surface area contributed by atoms with E-state index < -0.39 is 0 Å². The molecule has 4 aromatic carbocycles. The van der Waals surface area contributed by atoms with Gasteiger partial charge in [-0.3, -0.25) is 0 Å². The maximum absolute atomic E-state index is 2.53. The molecular weight excluding hydrogens is 504 g/mol. The molecule has 0 bridgehead atoms. The van der Waals surface area contributed by atoms with Gasteiger partial charge in [-0.15, -0.1) is 0 Å². The highest BCUT2D eigenvalue weighted by Gasteiger charge is 2.52. The Labute approximate surface area is 255 Å². The van der Waals surface area contributed by atoms with Crippen LogP contribution in [0.25, 0.3) is 22.3 Å². The van der Waals surface area contributed by atoms with Crippen molar-refractivity contribution in [2.75, 3.05) is 0 Å². The number of benzene rings is 4. The minimum absolute atomic E-state index is 0.232. The fourth-order valence-electron chi connectivity index (χ4n) is 8.33. The number of rotatable bonds is 13. The van der Waals surface area contributed by atoms with Crippen molar-refractivity contribution in [3.63, 3.8) is 0 Å². The molecule has 0 atom stereocenters. The minimum Gasteiger partial charge on any atom is -0.0654 e. The fraction of sp³-hybridized carbons (Fsp3) is 0.429. The second-order valence-corrected chi connectivity index (χ2v) is 13.3. The van der Waals surface area contributed by atoms with Crippen LogP contribution in [0.4, 0.5) is 0 Å². The highest BCUT2D eigenvalue weighted by atomic mass is 14.5. The lowest BCUT2D eigenvalue weighted by molar-refractivity contribution is 0.383. The third-order valence-corrected chi connectivity index (χ3v) is 10.3. The Hall–Kier alpha value is -3.12. The average molecular weight is 555 g/mol. The van der Waals surface area contributed by atoms with Crippen molar-refractivity contribution >= 4 is 0 Å². The molecule has 0 fully saturated rings. The van der Waals surface area contributed by atoms with Gasteiger partial charge in [0.2, 0.25) is 0 Å². The van der Waals surface area contributed by atoms with E-state index in [2.05, 4.69) is 107 Å². The molecule has 0 saturated carbocycles. The minimum atomic E-state index is -0.232.